The number of nitrogens with zero attached hydrogens (tertiary/aromatic N) is 3. The van der Waals surface area contributed by atoms with E-state index in [1.54, 1.807) is 6.20 Å². The molecule has 0 bridgehead atoms. The number of rotatable bonds is 1. The van der Waals surface area contributed by atoms with Gasteiger partial charge in [-0.1, -0.05) is 6.07 Å². The Morgan fingerprint density at radius 2 is 2.19 bits per heavy atom. The minimum Gasteiger partial charge on any atom is -0.441 e. The lowest BCUT2D eigenvalue weighted by Gasteiger charge is -2.01. The number of fused-ring (bicyclic) bond motifs is 1. The second-order valence-electron chi connectivity index (χ2n) is 3.75. The Kier molecular flexibility index (Phi) is 1.83. The summed E-state index contributed by atoms with van der Waals surface area (Å²) in [4.78, 5) is 8.72. The van der Waals surface area contributed by atoms with E-state index in [1.807, 2.05) is 42.9 Å². The number of aryl methyl sites for hydroxylation is 2. The van der Waals surface area contributed by atoms with Crippen LogP contribution in [0, 0.1) is 6.92 Å². The molecule has 0 unspecified atom stereocenters. The standard InChI is InChI=1S/C12H11N3O/c1-8-14-11-9(4-3-5-10(11)16-8)12-13-6-7-15(12)2/h3-7H,1-2H3. The van der Waals surface area contributed by atoms with Crippen molar-refractivity contribution in [3.8, 4) is 11.4 Å². The van der Waals surface area contributed by atoms with Crippen molar-refractivity contribution in [2.75, 3.05) is 0 Å². The molecule has 0 N–H and O–H groups in total. The molecule has 0 aliphatic rings. The molecule has 0 saturated carbocycles. The third-order valence-corrected chi connectivity index (χ3v) is 2.59. The van der Waals surface area contributed by atoms with Gasteiger partial charge < -0.3 is 8.98 Å². The largest absolute Gasteiger partial charge is 0.441 e. The van der Waals surface area contributed by atoms with Gasteiger partial charge in [0.25, 0.3) is 0 Å². The highest BCUT2D eigenvalue weighted by molar-refractivity contribution is 5.88. The van der Waals surface area contributed by atoms with Crippen molar-refractivity contribution in [2.24, 2.45) is 7.05 Å². The average molecular weight is 213 g/mol. The molecule has 0 saturated heterocycles. The van der Waals surface area contributed by atoms with E-state index in [9.17, 15) is 0 Å². The number of imidazole rings is 1. The summed E-state index contributed by atoms with van der Waals surface area (Å²) in [5, 5.41) is 0. The van der Waals surface area contributed by atoms with Crippen molar-refractivity contribution in [2.45, 2.75) is 6.92 Å². The topological polar surface area (TPSA) is 43.9 Å². The predicted octanol–water partition coefficient (Wildman–Crippen LogP) is 2.54. The van der Waals surface area contributed by atoms with Crippen LogP contribution in [0.1, 0.15) is 5.89 Å². The molecule has 0 amide bonds. The summed E-state index contributed by atoms with van der Waals surface area (Å²) in [5.41, 5.74) is 2.68. The molecule has 3 rings (SSSR count). The van der Waals surface area contributed by atoms with Gasteiger partial charge in [-0.2, -0.15) is 0 Å². The number of hydrogen-bond donors (Lipinski definition) is 0. The summed E-state index contributed by atoms with van der Waals surface area (Å²) in [5.74, 6) is 1.58. The molecular weight excluding hydrogens is 202 g/mol. The first kappa shape index (κ1) is 9.15. The van der Waals surface area contributed by atoms with Crippen molar-refractivity contribution < 1.29 is 4.42 Å². The van der Waals surface area contributed by atoms with Gasteiger partial charge >= 0.3 is 0 Å². The Bertz CT molecular complexity index is 651. The maximum Gasteiger partial charge on any atom is 0.192 e. The van der Waals surface area contributed by atoms with E-state index >= 15 is 0 Å². The van der Waals surface area contributed by atoms with Crippen LogP contribution in [0.15, 0.2) is 35.0 Å². The number of hydrogen-bond acceptors (Lipinski definition) is 3. The number of oxazole rings is 1. The summed E-state index contributed by atoms with van der Waals surface area (Å²) < 4.78 is 7.47. The summed E-state index contributed by atoms with van der Waals surface area (Å²) in [7, 11) is 1.97. The van der Waals surface area contributed by atoms with Crippen LogP contribution in [0.5, 0.6) is 0 Å². The molecule has 80 valence electrons. The lowest BCUT2D eigenvalue weighted by Crippen LogP contribution is -1.91. The van der Waals surface area contributed by atoms with E-state index < -0.39 is 0 Å². The molecule has 16 heavy (non-hydrogen) atoms. The zero-order valence-electron chi connectivity index (χ0n) is 9.14. The second-order valence-corrected chi connectivity index (χ2v) is 3.75. The zero-order valence-corrected chi connectivity index (χ0v) is 9.14. The quantitative estimate of drug-likeness (QED) is 0.624. The molecule has 2 aromatic heterocycles. The second kappa shape index (κ2) is 3.20. The molecule has 0 spiro atoms. The van der Waals surface area contributed by atoms with Crippen LogP contribution in [0.3, 0.4) is 0 Å². The molecule has 3 aromatic rings. The minimum absolute atomic E-state index is 0.677. The number of benzene rings is 1. The molecule has 0 aliphatic heterocycles. The van der Waals surface area contributed by atoms with E-state index in [1.165, 1.54) is 0 Å². The Balaban J connectivity index is 2.35. The average Bonchev–Trinajstić information content (AvgIpc) is 2.82. The van der Waals surface area contributed by atoms with Gasteiger partial charge in [0, 0.05) is 31.9 Å². The highest BCUT2D eigenvalue weighted by atomic mass is 16.3. The number of para-hydroxylation sites is 1. The van der Waals surface area contributed by atoms with Gasteiger partial charge in [0.2, 0.25) is 0 Å². The normalized spacial score (nSPS) is 11.1. The SMILES string of the molecule is Cc1nc2c(-c3nccn3C)cccc2o1. The highest BCUT2D eigenvalue weighted by Gasteiger charge is 2.11. The van der Waals surface area contributed by atoms with E-state index in [0.29, 0.717) is 5.89 Å². The van der Waals surface area contributed by atoms with Crippen LogP contribution in [-0.2, 0) is 7.05 Å². The van der Waals surface area contributed by atoms with Gasteiger partial charge in [-0.25, -0.2) is 9.97 Å². The first-order valence-electron chi connectivity index (χ1n) is 5.09. The molecule has 1 aromatic carbocycles. The first-order valence-corrected chi connectivity index (χ1v) is 5.09. The van der Waals surface area contributed by atoms with Crippen molar-refractivity contribution >= 4 is 11.1 Å². The molecule has 4 heteroatoms. The third kappa shape index (κ3) is 1.23. The molecule has 0 radical (unpaired) electrons. The third-order valence-electron chi connectivity index (χ3n) is 2.59. The van der Waals surface area contributed by atoms with Crippen molar-refractivity contribution in [1.82, 2.24) is 14.5 Å². The van der Waals surface area contributed by atoms with Gasteiger partial charge in [0.15, 0.2) is 11.5 Å². The van der Waals surface area contributed by atoms with E-state index in [4.69, 9.17) is 4.42 Å². The summed E-state index contributed by atoms with van der Waals surface area (Å²) in [6.45, 7) is 1.85. The first-order chi connectivity index (χ1) is 7.75. The Labute approximate surface area is 92.6 Å². The molecule has 0 aliphatic carbocycles. The van der Waals surface area contributed by atoms with Gasteiger partial charge in [-0.15, -0.1) is 0 Å². The molecule has 4 nitrogen and oxygen atoms in total. The van der Waals surface area contributed by atoms with Crippen LogP contribution in [0.2, 0.25) is 0 Å². The fourth-order valence-corrected chi connectivity index (χ4v) is 1.86. The van der Waals surface area contributed by atoms with Crippen molar-refractivity contribution in [1.29, 1.82) is 0 Å². The van der Waals surface area contributed by atoms with Crippen LogP contribution < -0.4 is 0 Å². The maximum absolute atomic E-state index is 5.50. The van der Waals surface area contributed by atoms with E-state index in [-0.39, 0.29) is 0 Å². The lowest BCUT2D eigenvalue weighted by atomic mass is 10.2. The summed E-state index contributed by atoms with van der Waals surface area (Å²) in [6, 6.07) is 5.88. The van der Waals surface area contributed by atoms with Gasteiger partial charge in [-0.05, 0) is 12.1 Å². The van der Waals surface area contributed by atoms with Crippen LogP contribution >= 0.6 is 0 Å². The lowest BCUT2D eigenvalue weighted by molar-refractivity contribution is 0.561. The van der Waals surface area contributed by atoms with Gasteiger partial charge in [0.05, 0.1) is 0 Å². The number of aromatic nitrogens is 3. The maximum atomic E-state index is 5.50. The molecular formula is C12H11N3O. The van der Waals surface area contributed by atoms with Crippen molar-refractivity contribution in [3.63, 3.8) is 0 Å². The predicted molar refractivity (Wildman–Crippen MR) is 60.9 cm³/mol. The Hall–Kier alpha value is -2.10. The van der Waals surface area contributed by atoms with Crippen LogP contribution in [0.4, 0.5) is 0 Å². The zero-order chi connectivity index (χ0) is 11.1. The summed E-state index contributed by atoms with van der Waals surface area (Å²) in [6.07, 6.45) is 3.70. The fourth-order valence-electron chi connectivity index (χ4n) is 1.86. The van der Waals surface area contributed by atoms with Crippen molar-refractivity contribution in [3.05, 3.63) is 36.5 Å². The fraction of sp³-hybridized carbons (Fsp3) is 0.167. The minimum atomic E-state index is 0.677. The summed E-state index contributed by atoms with van der Waals surface area (Å²) >= 11 is 0. The van der Waals surface area contributed by atoms with E-state index in [2.05, 4.69) is 9.97 Å². The Morgan fingerprint density at radius 1 is 1.31 bits per heavy atom. The Morgan fingerprint density at radius 3 is 2.94 bits per heavy atom. The van der Waals surface area contributed by atoms with Crippen LogP contribution in [0.25, 0.3) is 22.5 Å². The monoisotopic (exact) mass is 213 g/mol. The molecule has 0 fully saturated rings. The molecule has 0 atom stereocenters. The molecule has 2 heterocycles. The smallest absolute Gasteiger partial charge is 0.192 e. The van der Waals surface area contributed by atoms with Gasteiger partial charge in [-0.3, -0.25) is 0 Å². The van der Waals surface area contributed by atoms with E-state index in [0.717, 1.165) is 22.5 Å². The highest BCUT2D eigenvalue weighted by Crippen LogP contribution is 2.26. The van der Waals surface area contributed by atoms with Crippen LogP contribution in [-0.4, -0.2) is 14.5 Å². The van der Waals surface area contributed by atoms with Gasteiger partial charge in [0.1, 0.15) is 11.3 Å².